The summed E-state index contributed by atoms with van der Waals surface area (Å²) in [7, 11) is 1.81. The van der Waals surface area contributed by atoms with E-state index in [4.69, 9.17) is 16.3 Å². The second kappa shape index (κ2) is 8.04. The summed E-state index contributed by atoms with van der Waals surface area (Å²) in [6, 6.07) is 6.45. The highest BCUT2D eigenvalue weighted by Crippen LogP contribution is 2.31. The van der Waals surface area contributed by atoms with Crippen molar-refractivity contribution in [1.29, 1.82) is 0 Å². The molecule has 0 N–H and O–H groups in total. The summed E-state index contributed by atoms with van der Waals surface area (Å²) in [4.78, 5) is 31.2. The number of aromatic nitrogens is 3. The molecule has 9 heteroatoms. The quantitative estimate of drug-likeness (QED) is 0.580. The Morgan fingerprint density at radius 3 is 2.70 bits per heavy atom. The highest BCUT2D eigenvalue weighted by molar-refractivity contribution is 7.07. The summed E-state index contributed by atoms with van der Waals surface area (Å²) in [6.45, 7) is 3.73. The minimum Gasteiger partial charge on any atom is -0.463 e. The van der Waals surface area contributed by atoms with Gasteiger partial charge in [-0.25, -0.2) is 9.79 Å². The molecule has 0 amide bonds. The van der Waals surface area contributed by atoms with Crippen molar-refractivity contribution in [2.45, 2.75) is 19.9 Å². The van der Waals surface area contributed by atoms with Gasteiger partial charge in [0.25, 0.3) is 5.56 Å². The van der Waals surface area contributed by atoms with Crippen LogP contribution in [0.3, 0.4) is 0 Å². The third-order valence-electron chi connectivity index (χ3n) is 4.73. The number of rotatable bonds is 4. The molecule has 3 aromatic rings. The summed E-state index contributed by atoms with van der Waals surface area (Å²) in [5.41, 5.74) is 2.22. The Morgan fingerprint density at radius 2 is 2.07 bits per heavy atom. The van der Waals surface area contributed by atoms with Crippen molar-refractivity contribution in [2.75, 3.05) is 6.61 Å². The third kappa shape index (κ3) is 3.64. The molecule has 0 spiro atoms. The molecular formula is C21H19ClN4O3S. The van der Waals surface area contributed by atoms with Gasteiger partial charge in [0.1, 0.15) is 0 Å². The number of carbonyl (C=O) groups is 1. The second-order valence-electron chi connectivity index (χ2n) is 6.80. The molecule has 0 radical (unpaired) electrons. The van der Waals surface area contributed by atoms with Crippen molar-refractivity contribution in [1.82, 2.24) is 14.3 Å². The Morgan fingerprint density at radius 1 is 1.33 bits per heavy atom. The number of esters is 1. The topological polar surface area (TPSA) is 78.5 Å². The fourth-order valence-corrected chi connectivity index (χ4v) is 4.59. The van der Waals surface area contributed by atoms with Crippen molar-refractivity contribution >= 4 is 35.0 Å². The molecule has 30 heavy (non-hydrogen) atoms. The van der Waals surface area contributed by atoms with E-state index in [0.29, 0.717) is 25.6 Å². The van der Waals surface area contributed by atoms with Gasteiger partial charge in [-0.15, -0.1) is 0 Å². The highest BCUT2D eigenvalue weighted by atomic mass is 35.5. The van der Waals surface area contributed by atoms with Gasteiger partial charge in [0.05, 0.1) is 34.6 Å². The third-order valence-corrected chi connectivity index (χ3v) is 5.96. The Labute approximate surface area is 181 Å². The molecule has 4 rings (SSSR count). The molecular weight excluding hydrogens is 424 g/mol. The SMILES string of the molecule is CCOC(=O)C1=C(C)N=c2sc(=Cc3cnn(C)c3)c(=O)n2C1c1ccc(Cl)cc1. The van der Waals surface area contributed by atoms with Crippen LogP contribution in [-0.4, -0.2) is 26.9 Å². The van der Waals surface area contributed by atoms with Crippen LogP contribution in [0.15, 0.2) is 57.7 Å². The van der Waals surface area contributed by atoms with Crippen LogP contribution in [0.5, 0.6) is 0 Å². The number of hydrogen-bond donors (Lipinski definition) is 0. The molecule has 3 heterocycles. The molecule has 1 atom stereocenters. The van der Waals surface area contributed by atoms with Crippen LogP contribution >= 0.6 is 22.9 Å². The molecule has 1 aliphatic rings. The average Bonchev–Trinajstić information content (AvgIpc) is 3.24. The van der Waals surface area contributed by atoms with Crippen LogP contribution in [0.4, 0.5) is 0 Å². The van der Waals surface area contributed by atoms with Crippen molar-refractivity contribution in [3.63, 3.8) is 0 Å². The lowest BCUT2D eigenvalue weighted by Gasteiger charge is -2.24. The van der Waals surface area contributed by atoms with E-state index in [9.17, 15) is 9.59 Å². The lowest BCUT2D eigenvalue weighted by Crippen LogP contribution is -2.39. The van der Waals surface area contributed by atoms with E-state index in [1.165, 1.54) is 11.3 Å². The number of nitrogens with zero attached hydrogens (tertiary/aromatic N) is 4. The minimum atomic E-state index is -0.645. The number of halogens is 1. The van der Waals surface area contributed by atoms with Gasteiger partial charge in [0.2, 0.25) is 0 Å². The van der Waals surface area contributed by atoms with Gasteiger partial charge < -0.3 is 4.74 Å². The number of fused-ring (bicyclic) bond motifs is 1. The van der Waals surface area contributed by atoms with Crippen molar-refractivity contribution < 1.29 is 9.53 Å². The zero-order chi connectivity index (χ0) is 21.4. The summed E-state index contributed by atoms with van der Waals surface area (Å²) in [6.07, 6.45) is 5.29. The maximum absolute atomic E-state index is 13.4. The van der Waals surface area contributed by atoms with E-state index in [-0.39, 0.29) is 12.2 Å². The average molecular weight is 443 g/mol. The van der Waals surface area contributed by atoms with Crippen molar-refractivity contribution in [2.24, 2.45) is 12.0 Å². The standard InChI is InChI=1S/C21H19ClN4O3S/c1-4-29-20(28)17-12(2)24-21-26(18(17)14-5-7-15(22)8-6-14)19(27)16(30-21)9-13-10-23-25(3)11-13/h5-11,18H,4H2,1-3H3. The van der Waals surface area contributed by atoms with Crippen LogP contribution in [0.25, 0.3) is 6.08 Å². The molecule has 0 bridgehead atoms. The van der Waals surface area contributed by atoms with Gasteiger partial charge in [-0.05, 0) is 37.6 Å². The maximum atomic E-state index is 13.4. The monoisotopic (exact) mass is 442 g/mol. The van der Waals surface area contributed by atoms with Gasteiger partial charge in [-0.1, -0.05) is 35.1 Å². The van der Waals surface area contributed by atoms with E-state index >= 15 is 0 Å². The maximum Gasteiger partial charge on any atom is 0.338 e. The number of carbonyl (C=O) groups excluding carboxylic acids is 1. The van der Waals surface area contributed by atoms with Crippen molar-refractivity contribution in [3.8, 4) is 0 Å². The number of benzene rings is 1. The zero-order valence-corrected chi connectivity index (χ0v) is 18.2. The fraction of sp³-hybridized carbons (Fsp3) is 0.238. The number of thiazole rings is 1. The predicted octanol–water partition coefficient (Wildman–Crippen LogP) is 2.19. The van der Waals surface area contributed by atoms with Gasteiger partial charge in [0.15, 0.2) is 4.80 Å². The molecule has 1 aliphatic heterocycles. The smallest absolute Gasteiger partial charge is 0.338 e. The summed E-state index contributed by atoms with van der Waals surface area (Å²) in [5, 5.41) is 4.71. The number of allylic oxidation sites excluding steroid dienone is 1. The summed E-state index contributed by atoms with van der Waals surface area (Å²) >= 11 is 7.33. The Hall–Kier alpha value is -2.97. The molecule has 0 fully saturated rings. The van der Waals surface area contributed by atoms with Crippen LogP contribution in [0.2, 0.25) is 5.02 Å². The van der Waals surface area contributed by atoms with Gasteiger partial charge in [0, 0.05) is 23.8 Å². The molecule has 154 valence electrons. The fourth-order valence-electron chi connectivity index (χ4n) is 3.42. The molecule has 7 nitrogen and oxygen atoms in total. The molecule has 2 aromatic heterocycles. The van der Waals surface area contributed by atoms with Crippen molar-refractivity contribution in [3.05, 3.63) is 83.8 Å². The molecule has 0 aliphatic carbocycles. The van der Waals surface area contributed by atoms with E-state index in [1.807, 2.05) is 25.4 Å². The molecule has 0 saturated carbocycles. The summed E-state index contributed by atoms with van der Waals surface area (Å²) < 4.78 is 9.01. The lowest BCUT2D eigenvalue weighted by atomic mass is 9.96. The Balaban J connectivity index is 1.96. The number of hydrogen-bond acceptors (Lipinski definition) is 6. The van der Waals surface area contributed by atoms with E-state index in [0.717, 1.165) is 11.1 Å². The first-order valence-corrected chi connectivity index (χ1v) is 10.5. The largest absolute Gasteiger partial charge is 0.463 e. The highest BCUT2D eigenvalue weighted by Gasteiger charge is 2.33. The molecule has 1 aromatic carbocycles. The first-order valence-electron chi connectivity index (χ1n) is 9.33. The van der Waals surface area contributed by atoms with Gasteiger partial charge in [-0.3, -0.25) is 14.0 Å². The first-order chi connectivity index (χ1) is 14.4. The first kappa shape index (κ1) is 20.3. The van der Waals surface area contributed by atoms with Crippen LogP contribution in [-0.2, 0) is 16.6 Å². The summed E-state index contributed by atoms with van der Waals surface area (Å²) in [5.74, 6) is -0.486. The van der Waals surface area contributed by atoms with Crippen LogP contribution < -0.4 is 14.9 Å². The second-order valence-corrected chi connectivity index (χ2v) is 8.25. The van der Waals surface area contributed by atoms with Gasteiger partial charge >= 0.3 is 5.97 Å². The Kier molecular flexibility index (Phi) is 5.44. The Bertz CT molecular complexity index is 1330. The molecule has 0 saturated heterocycles. The van der Waals surface area contributed by atoms with Gasteiger partial charge in [-0.2, -0.15) is 5.10 Å². The normalized spacial score (nSPS) is 16.4. The van der Waals surface area contributed by atoms with E-state index in [2.05, 4.69) is 10.1 Å². The minimum absolute atomic E-state index is 0.225. The van der Waals surface area contributed by atoms with Crippen LogP contribution in [0, 0.1) is 0 Å². The molecule has 1 unspecified atom stereocenters. The zero-order valence-electron chi connectivity index (χ0n) is 16.6. The lowest BCUT2D eigenvalue weighted by molar-refractivity contribution is -0.139. The number of ether oxygens (including phenoxy) is 1. The predicted molar refractivity (Wildman–Crippen MR) is 115 cm³/mol. The van der Waals surface area contributed by atoms with Crippen LogP contribution in [0.1, 0.15) is 31.0 Å². The number of aryl methyl sites for hydroxylation is 1. The van der Waals surface area contributed by atoms with E-state index in [1.54, 1.807) is 47.5 Å². The van der Waals surface area contributed by atoms with E-state index < -0.39 is 12.0 Å².